The number of nitro benzene ring substituents is 1. The van der Waals surface area contributed by atoms with Crippen molar-refractivity contribution in [2.45, 2.75) is 25.3 Å². The number of ether oxygens (including phenoxy) is 1. The summed E-state index contributed by atoms with van der Waals surface area (Å²) in [5.74, 6) is 0.331. The van der Waals surface area contributed by atoms with Crippen molar-refractivity contribution in [1.82, 2.24) is 9.80 Å². The number of anilines is 1. The van der Waals surface area contributed by atoms with Gasteiger partial charge in [-0.15, -0.1) is 0 Å². The van der Waals surface area contributed by atoms with E-state index in [1.165, 1.54) is 7.11 Å². The Labute approximate surface area is 184 Å². The third kappa shape index (κ3) is 4.99. The molecule has 0 N–H and O–H groups in total. The van der Waals surface area contributed by atoms with Crippen LogP contribution in [0.3, 0.4) is 0 Å². The zero-order valence-electron chi connectivity index (χ0n) is 18.5. The Morgan fingerprint density at radius 1 is 1.03 bits per heavy atom. The lowest BCUT2D eigenvalue weighted by Crippen LogP contribution is -2.52. The molecule has 0 bridgehead atoms. The summed E-state index contributed by atoms with van der Waals surface area (Å²) in [7, 11) is 3.69. The molecule has 0 aliphatic carbocycles. The number of methoxy groups -OCH3 is 1. The molecular formula is C24H32N4O3. The number of benzene rings is 2. The smallest absolute Gasteiger partial charge is 0.311 e. The molecule has 0 amide bonds. The topological polar surface area (TPSA) is 62.1 Å². The van der Waals surface area contributed by atoms with Gasteiger partial charge in [0.25, 0.3) is 0 Å². The SMILES string of the molecule is COc1cc(N2CCC(N3CCN(C)CC3)CC2)c(Cc2ccccc2)cc1[N+](=O)[O-]. The normalized spacial score (nSPS) is 18.8. The first kappa shape index (κ1) is 21.6. The average Bonchev–Trinajstić information content (AvgIpc) is 2.80. The standard InChI is InChI=1S/C24H32N4O3/c1-25-12-14-26(15-13-25)21-8-10-27(11-9-21)22-18-24(31-2)23(28(29)30)17-20(22)16-19-6-4-3-5-7-19/h3-7,17-18,21H,8-16H2,1-2H3. The number of rotatable bonds is 6. The fraction of sp³-hybridized carbons (Fsp3) is 0.500. The van der Waals surface area contributed by atoms with E-state index in [0.29, 0.717) is 18.2 Å². The highest BCUT2D eigenvalue weighted by molar-refractivity contribution is 5.65. The average molecular weight is 425 g/mol. The van der Waals surface area contributed by atoms with Crippen molar-refractivity contribution in [3.63, 3.8) is 0 Å². The van der Waals surface area contributed by atoms with Gasteiger partial charge in [-0.2, -0.15) is 0 Å². The monoisotopic (exact) mass is 424 g/mol. The van der Waals surface area contributed by atoms with Crippen LogP contribution >= 0.6 is 0 Å². The van der Waals surface area contributed by atoms with Crippen molar-refractivity contribution >= 4 is 11.4 Å². The van der Waals surface area contributed by atoms with E-state index in [1.54, 1.807) is 6.07 Å². The van der Waals surface area contributed by atoms with Crippen molar-refractivity contribution in [3.05, 3.63) is 63.7 Å². The highest BCUT2D eigenvalue weighted by Gasteiger charge is 2.29. The van der Waals surface area contributed by atoms with Crippen LogP contribution in [0.4, 0.5) is 11.4 Å². The van der Waals surface area contributed by atoms with Gasteiger partial charge in [-0.3, -0.25) is 15.0 Å². The zero-order valence-corrected chi connectivity index (χ0v) is 18.5. The van der Waals surface area contributed by atoms with Crippen molar-refractivity contribution in [1.29, 1.82) is 0 Å². The summed E-state index contributed by atoms with van der Waals surface area (Å²) >= 11 is 0. The summed E-state index contributed by atoms with van der Waals surface area (Å²) in [5, 5.41) is 11.6. The minimum atomic E-state index is -0.350. The van der Waals surface area contributed by atoms with Crippen LogP contribution in [0.5, 0.6) is 5.75 Å². The first-order chi connectivity index (χ1) is 15.0. The van der Waals surface area contributed by atoms with Crippen molar-refractivity contribution in [2.75, 3.05) is 58.3 Å². The minimum Gasteiger partial charge on any atom is -0.490 e. The van der Waals surface area contributed by atoms with Crippen molar-refractivity contribution in [3.8, 4) is 5.75 Å². The quantitative estimate of drug-likeness (QED) is 0.523. The van der Waals surface area contributed by atoms with Crippen LogP contribution in [-0.2, 0) is 6.42 Å². The molecule has 4 rings (SSSR count). The second kappa shape index (κ2) is 9.66. The van der Waals surface area contributed by atoms with Crippen LogP contribution < -0.4 is 9.64 Å². The maximum atomic E-state index is 11.6. The van der Waals surface area contributed by atoms with E-state index in [-0.39, 0.29) is 10.6 Å². The highest BCUT2D eigenvalue weighted by atomic mass is 16.6. The van der Waals surface area contributed by atoms with Crippen LogP contribution in [0, 0.1) is 10.1 Å². The summed E-state index contributed by atoms with van der Waals surface area (Å²) in [6.45, 7) is 6.49. The van der Waals surface area contributed by atoms with E-state index in [0.717, 1.165) is 68.9 Å². The Balaban J connectivity index is 1.55. The lowest BCUT2D eigenvalue weighted by molar-refractivity contribution is -0.385. The van der Waals surface area contributed by atoms with Gasteiger partial charge in [-0.1, -0.05) is 30.3 Å². The summed E-state index contributed by atoms with van der Waals surface area (Å²) in [5.41, 5.74) is 3.22. The van der Waals surface area contributed by atoms with Gasteiger partial charge >= 0.3 is 5.69 Å². The van der Waals surface area contributed by atoms with E-state index in [1.807, 2.05) is 24.3 Å². The predicted octanol–water partition coefficient (Wildman–Crippen LogP) is 3.41. The number of piperidine rings is 1. The summed E-state index contributed by atoms with van der Waals surface area (Å²) in [4.78, 5) is 18.7. The van der Waals surface area contributed by atoms with Gasteiger partial charge in [0.15, 0.2) is 5.75 Å². The van der Waals surface area contributed by atoms with E-state index in [2.05, 4.69) is 33.9 Å². The highest BCUT2D eigenvalue weighted by Crippen LogP contribution is 2.37. The Hall–Kier alpha value is -2.64. The van der Waals surface area contributed by atoms with Crippen LogP contribution in [0.15, 0.2) is 42.5 Å². The molecule has 7 nitrogen and oxygen atoms in total. The molecule has 2 fully saturated rings. The van der Waals surface area contributed by atoms with Crippen LogP contribution in [0.2, 0.25) is 0 Å². The molecule has 0 atom stereocenters. The van der Waals surface area contributed by atoms with Crippen LogP contribution in [0.1, 0.15) is 24.0 Å². The molecule has 0 radical (unpaired) electrons. The van der Waals surface area contributed by atoms with Crippen molar-refractivity contribution < 1.29 is 9.66 Å². The summed E-state index contributed by atoms with van der Waals surface area (Å²) < 4.78 is 5.39. The van der Waals surface area contributed by atoms with Gasteiger partial charge < -0.3 is 14.5 Å². The zero-order chi connectivity index (χ0) is 21.8. The molecule has 31 heavy (non-hydrogen) atoms. The number of hydrogen-bond donors (Lipinski definition) is 0. The van der Waals surface area contributed by atoms with Gasteiger partial charge in [-0.05, 0) is 37.4 Å². The van der Waals surface area contributed by atoms with Gasteiger partial charge in [0.1, 0.15) is 0 Å². The third-order valence-corrected chi connectivity index (χ3v) is 6.67. The molecule has 0 aromatic heterocycles. The number of likely N-dealkylation sites (N-methyl/N-ethyl adjacent to an activating group) is 1. The van der Waals surface area contributed by atoms with Gasteiger partial charge in [0.2, 0.25) is 0 Å². The predicted molar refractivity (Wildman–Crippen MR) is 123 cm³/mol. The first-order valence-corrected chi connectivity index (χ1v) is 11.1. The van der Waals surface area contributed by atoms with Crippen LogP contribution in [-0.4, -0.2) is 74.2 Å². The van der Waals surface area contributed by atoms with E-state index >= 15 is 0 Å². The Morgan fingerprint density at radius 2 is 1.71 bits per heavy atom. The molecule has 2 heterocycles. The fourth-order valence-corrected chi connectivity index (χ4v) is 4.82. The molecule has 7 heteroatoms. The van der Waals surface area contributed by atoms with Gasteiger partial charge in [0.05, 0.1) is 12.0 Å². The molecule has 2 aromatic carbocycles. The van der Waals surface area contributed by atoms with E-state index in [9.17, 15) is 10.1 Å². The lowest BCUT2D eigenvalue weighted by Gasteiger charge is -2.43. The molecule has 2 aliphatic rings. The second-order valence-electron chi connectivity index (χ2n) is 8.63. The molecular weight excluding hydrogens is 392 g/mol. The molecule has 2 saturated heterocycles. The lowest BCUT2D eigenvalue weighted by atomic mass is 9.97. The number of piperazine rings is 1. The Bertz CT molecular complexity index is 889. The van der Waals surface area contributed by atoms with E-state index in [4.69, 9.17) is 4.74 Å². The maximum Gasteiger partial charge on any atom is 0.311 e. The van der Waals surface area contributed by atoms with Crippen molar-refractivity contribution in [2.24, 2.45) is 0 Å². The Morgan fingerprint density at radius 3 is 2.32 bits per heavy atom. The third-order valence-electron chi connectivity index (χ3n) is 6.67. The van der Waals surface area contributed by atoms with E-state index < -0.39 is 0 Å². The molecule has 0 saturated carbocycles. The number of nitro groups is 1. The Kier molecular flexibility index (Phi) is 6.73. The number of nitrogens with zero attached hydrogens (tertiary/aromatic N) is 4. The molecule has 166 valence electrons. The van der Waals surface area contributed by atoms with Gasteiger partial charge in [0, 0.05) is 63.1 Å². The maximum absolute atomic E-state index is 11.6. The fourth-order valence-electron chi connectivity index (χ4n) is 4.82. The summed E-state index contributed by atoms with van der Waals surface area (Å²) in [6, 6.07) is 14.3. The minimum absolute atomic E-state index is 0.0319. The molecule has 0 unspecified atom stereocenters. The molecule has 2 aliphatic heterocycles. The van der Waals surface area contributed by atoms with Gasteiger partial charge in [-0.25, -0.2) is 0 Å². The largest absolute Gasteiger partial charge is 0.490 e. The molecule has 2 aromatic rings. The van der Waals surface area contributed by atoms with Crippen LogP contribution in [0.25, 0.3) is 0 Å². The first-order valence-electron chi connectivity index (χ1n) is 11.1. The number of hydrogen-bond acceptors (Lipinski definition) is 6. The molecule has 0 spiro atoms. The second-order valence-corrected chi connectivity index (χ2v) is 8.63. The summed E-state index contributed by atoms with van der Waals surface area (Å²) in [6.07, 6.45) is 2.90.